The second kappa shape index (κ2) is 6.26. The normalized spacial score (nSPS) is 25.9. The van der Waals surface area contributed by atoms with Crippen molar-refractivity contribution < 1.29 is 14.0 Å². The molecule has 0 aliphatic carbocycles. The Hall–Kier alpha value is -1.89. The number of thioether (sulfide) groups is 1. The maximum absolute atomic E-state index is 12.4. The lowest BCUT2D eigenvalue weighted by Gasteiger charge is -2.22. The van der Waals surface area contributed by atoms with Gasteiger partial charge in [0.1, 0.15) is 5.76 Å². The van der Waals surface area contributed by atoms with Crippen molar-refractivity contribution in [1.29, 1.82) is 0 Å². The average molecular weight is 305 g/mol. The molecule has 1 aromatic heterocycles. The van der Waals surface area contributed by atoms with Crippen LogP contribution >= 0.6 is 11.8 Å². The minimum Gasteiger partial charge on any atom is -0.468 e. The molecule has 0 spiro atoms. The first-order valence-electron chi connectivity index (χ1n) is 6.81. The van der Waals surface area contributed by atoms with E-state index >= 15 is 0 Å². The summed E-state index contributed by atoms with van der Waals surface area (Å²) in [6.45, 7) is 1.33. The predicted octanol–water partition coefficient (Wildman–Crippen LogP) is 2.20. The van der Waals surface area contributed by atoms with Gasteiger partial charge in [-0.15, -0.1) is 16.9 Å². The fourth-order valence-corrected chi connectivity index (χ4v) is 3.56. The molecule has 3 heterocycles. The molecule has 6 nitrogen and oxygen atoms in total. The number of rotatable bonds is 2. The van der Waals surface area contributed by atoms with Gasteiger partial charge in [-0.05, 0) is 24.6 Å². The van der Waals surface area contributed by atoms with E-state index in [1.807, 2.05) is 12.1 Å². The van der Waals surface area contributed by atoms with Gasteiger partial charge < -0.3 is 9.32 Å². The predicted molar refractivity (Wildman–Crippen MR) is 77.9 cm³/mol. The van der Waals surface area contributed by atoms with E-state index in [1.165, 1.54) is 12.2 Å². The lowest BCUT2D eigenvalue weighted by atomic mass is 10.2. The zero-order chi connectivity index (χ0) is 14.7. The van der Waals surface area contributed by atoms with E-state index in [0.717, 1.165) is 17.9 Å². The third-order valence-electron chi connectivity index (χ3n) is 3.47. The van der Waals surface area contributed by atoms with Crippen molar-refractivity contribution in [2.24, 2.45) is 10.2 Å². The van der Waals surface area contributed by atoms with Crippen LogP contribution in [-0.4, -0.2) is 41.6 Å². The van der Waals surface area contributed by atoms with Gasteiger partial charge in [0.2, 0.25) is 0 Å². The summed E-state index contributed by atoms with van der Waals surface area (Å²) in [5.74, 6) is 1.30. The highest BCUT2D eigenvalue weighted by Crippen LogP contribution is 2.34. The zero-order valence-electron chi connectivity index (χ0n) is 11.3. The third-order valence-corrected chi connectivity index (χ3v) is 4.76. The van der Waals surface area contributed by atoms with Crippen molar-refractivity contribution in [3.05, 3.63) is 36.3 Å². The Labute approximate surface area is 126 Å². The van der Waals surface area contributed by atoms with Crippen LogP contribution in [0.4, 0.5) is 0 Å². The molecule has 0 bridgehead atoms. The van der Waals surface area contributed by atoms with Crippen LogP contribution in [0.2, 0.25) is 0 Å². The molecule has 7 heteroatoms. The van der Waals surface area contributed by atoms with Gasteiger partial charge in [0.05, 0.1) is 11.5 Å². The van der Waals surface area contributed by atoms with E-state index in [1.54, 1.807) is 22.9 Å². The van der Waals surface area contributed by atoms with E-state index < -0.39 is 11.9 Å². The van der Waals surface area contributed by atoms with Gasteiger partial charge in [-0.25, -0.2) is 0 Å². The highest BCUT2D eigenvalue weighted by Gasteiger charge is 2.28. The molecule has 2 atom stereocenters. The Morgan fingerprint density at radius 2 is 2.33 bits per heavy atom. The first-order valence-corrected chi connectivity index (χ1v) is 7.86. The van der Waals surface area contributed by atoms with Crippen LogP contribution in [0.5, 0.6) is 0 Å². The number of furan rings is 1. The van der Waals surface area contributed by atoms with Crippen molar-refractivity contribution in [2.45, 2.75) is 17.7 Å². The molecule has 0 radical (unpaired) electrons. The van der Waals surface area contributed by atoms with Crippen LogP contribution in [0.3, 0.4) is 0 Å². The fraction of sp³-hybridized carbons (Fsp3) is 0.429. The molecule has 2 amide bonds. The smallest absolute Gasteiger partial charge is 0.287 e. The summed E-state index contributed by atoms with van der Waals surface area (Å²) in [6, 6.07) is 3.19. The first kappa shape index (κ1) is 14.1. The molecular formula is C14H15N3O3S. The van der Waals surface area contributed by atoms with Crippen LogP contribution in [0, 0.1) is 0 Å². The lowest BCUT2D eigenvalue weighted by Crippen LogP contribution is -2.39. The summed E-state index contributed by atoms with van der Waals surface area (Å²) in [7, 11) is 0. The first-order chi connectivity index (χ1) is 10.2. The molecule has 2 aliphatic heterocycles. The molecule has 0 saturated carbocycles. The Balaban J connectivity index is 1.62. The zero-order valence-corrected chi connectivity index (χ0v) is 12.2. The molecule has 1 fully saturated rings. The van der Waals surface area contributed by atoms with Crippen LogP contribution in [0.25, 0.3) is 0 Å². The van der Waals surface area contributed by atoms with Crippen molar-refractivity contribution in [3.63, 3.8) is 0 Å². The van der Waals surface area contributed by atoms with Crippen LogP contribution in [0.15, 0.2) is 45.2 Å². The molecule has 0 N–H and O–H groups in total. The molecule has 3 rings (SSSR count). The van der Waals surface area contributed by atoms with Gasteiger partial charge >= 0.3 is 0 Å². The minimum atomic E-state index is -0.659. The SMILES string of the molecule is O=C1C=CC(C(=O)N2CCSC(c3ccco3)CC2)N=N1. The van der Waals surface area contributed by atoms with Crippen molar-refractivity contribution in [1.82, 2.24) is 4.90 Å². The summed E-state index contributed by atoms with van der Waals surface area (Å²) < 4.78 is 5.45. The van der Waals surface area contributed by atoms with Gasteiger partial charge in [-0.3, -0.25) is 9.59 Å². The summed E-state index contributed by atoms with van der Waals surface area (Å²) >= 11 is 1.80. The van der Waals surface area contributed by atoms with E-state index in [0.29, 0.717) is 13.1 Å². The van der Waals surface area contributed by atoms with E-state index in [-0.39, 0.29) is 11.2 Å². The monoisotopic (exact) mass is 305 g/mol. The van der Waals surface area contributed by atoms with Gasteiger partial charge in [-0.2, -0.15) is 5.11 Å². The maximum Gasteiger partial charge on any atom is 0.287 e. The van der Waals surface area contributed by atoms with E-state index in [9.17, 15) is 9.59 Å². The summed E-state index contributed by atoms with van der Waals surface area (Å²) in [6.07, 6.45) is 5.33. The molecule has 1 saturated heterocycles. The largest absolute Gasteiger partial charge is 0.468 e. The average Bonchev–Trinajstić information content (AvgIpc) is 2.92. The number of nitrogens with zero attached hydrogens (tertiary/aromatic N) is 3. The molecule has 21 heavy (non-hydrogen) atoms. The van der Waals surface area contributed by atoms with E-state index in [4.69, 9.17) is 4.42 Å². The number of carbonyl (C=O) groups is 2. The molecular weight excluding hydrogens is 290 g/mol. The Bertz CT molecular complexity index is 566. The number of amides is 2. The van der Waals surface area contributed by atoms with E-state index in [2.05, 4.69) is 10.2 Å². The summed E-state index contributed by atoms with van der Waals surface area (Å²) in [4.78, 5) is 25.1. The summed E-state index contributed by atoms with van der Waals surface area (Å²) in [5.41, 5.74) is 0. The quantitative estimate of drug-likeness (QED) is 0.839. The molecule has 0 aromatic carbocycles. The Morgan fingerprint density at radius 3 is 3.05 bits per heavy atom. The van der Waals surface area contributed by atoms with Crippen LogP contribution in [-0.2, 0) is 9.59 Å². The highest BCUT2D eigenvalue weighted by molar-refractivity contribution is 7.99. The number of hydrogen-bond acceptors (Lipinski definition) is 5. The minimum absolute atomic E-state index is 0.0943. The number of azo groups is 1. The molecule has 2 unspecified atom stereocenters. The van der Waals surface area contributed by atoms with Crippen LogP contribution in [0.1, 0.15) is 17.4 Å². The van der Waals surface area contributed by atoms with Crippen molar-refractivity contribution >= 4 is 23.6 Å². The highest BCUT2D eigenvalue weighted by atomic mass is 32.2. The third kappa shape index (κ3) is 3.24. The Morgan fingerprint density at radius 1 is 1.43 bits per heavy atom. The number of carbonyl (C=O) groups excluding carboxylic acids is 2. The lowest BCUT2D eigenvalue weighted by molar-refractivity contribution is -0.131. The van der Waals surface area contributed by atoms with Gasteiger partial charge in [0.25, 0.3) is 11.8 Å². The van der Waals surface area contributed by atoms with Gasteiger partial charge in [0, 0.05) is 24.9 Å². The summed E-state index contributed by atoms with van der Waals surface area (Å²) in [5, 5.41) is 7.48. The standard InChI is InChI=1S/C14H15N3O3S/c18-13-4-3-10(15-16-13)14(19)17-6-5-12(21-9-7-17)11-2-1-8-20-11/h1-4,8,10,12H,5-7,9H2. The van der Waals surface area contributed by atoms with Gasteiger partial charge in [-0.1, -0.05) is 0 Å². The van der Waals surface area contributed by atoms with Gasteiger partial charge in [0.15, 0.2) is 6.04 Å². The molecule has 110 valence electrons. The second-order valence-electron chi connectivity index (χ2n) is 4.85. The van der Waals surface area contributed by atoms with Crippen molar-refractivity contribution in [3.8, 4) is 0 Å². The Kier molecular flexibility index (Phi) is 4.19. The maximum atomic E-state index is 12.4. The fourth-order valence-electron chi connectivity index (χ4n) is 2.38. The topological polar surface area (TPSA) is 75.2 Å². The number of hydrogen-bond donors (Lipinski definition) is 0. The second-order valence-corrected chi connectivity index (χ2v) is 6.16. The molecule has 1 aromatic rings. The molecule has 2 aliphatic rings. The van der Waals surface area contributed by atoms with Crippen LogP contribution < -0.4 is 0 Å². The van der Waals surface area contributed by atoms with Crippen molar-refractivity contribution in [2.75, 3.05) is 18.8 Å².